The van der Waals surface area contributed by atoms with E-state index in [0.29, 0.717) is 6.54 Å². The molecule has 4 heteroatoms. The summed E-state index contributed by atoms with van der Waals surface area (Å²) < 4.78 is 5.19. The van der Waals surface area contributed by atoms with Crippen LogP contribution in [-0.4, -0.2) is 38.3 Å². The Morgan fingerprint density at radius 1 is 1.62 bits per heavy atom. The summed E-state index contributed by atoms with van der Waals surface area (Å²) in [6, 6.07) is 0. The molecule has 0 saturated carbocycles. The summed E-state index contributed by atoms with van der Waals surface area (Å²) in [5.41, 5.74) is -0.271. The molecule has 0 aliphatic carbocycles. The van der Waals surface area contributed by atoms with Gasteiger partial charge in [-0.25, -0.2) is 0 Å². The van der Waals surface area contributed by atoms with Crippen molar-refractivity contribution in [1.29, 1.82) is 0 Å². The van der Waals surface area contributed by atoms with Crippen molar-refractivity contribution >= 4 is 5.91 Å². The Hall–Kier alpha value is -0.610. The quantitative estimate of drug-likeness (QED) is 0.636. The van der Waals surface area contributed by atoms with Crippen molar-refractivity contribution in [3.05, 3.63) is 0 Å². The molecule has 1 aliphatic heterocycles. The van der Waals surface area contributed by atoms with Crippen LogP contribution in [-0.2, 0) is 9.53 Å². The molecule has 4 nitrogen and oxygen atoms in total. The van der Waals surface area contributed by atoms with E-state index < -0.39 is 0 Å². The van der Waals surface area contributed by atoms with Crippen molar-refractivity contribution in [2.45, 2.75) is 19.4 Å². The molecule has 76 valence electrons. The molecule has 2 N–H and O–H groups in total. The van der Waals surface area contributed by atoms with E-state index in [1.807, 2.05) is 13.8 Å². The Labute approximate surface area is 79.0 Å². The predicted molar refractivity (Wildman–Crippen MR) is 50.5 cm³/mol. The zero-order chi connectivity index (χ0) is 9.90. The minimum atomic E-state index is -0.271. The maximum atomic E-state index is 11.4. The molecule has 1 amide bonds. The van der Waals surface area contributed by atoms with Crippen LogP contribution in [0.4, 0.5) is 0 Å². The van der Waals surface area contributed by atoms with Gasteiger partial charge in [0.1, 0.15) is 0 Å². The highest BCUT2D eigenvalue weighted by Crippen LogP contribution is 2.07. The standard InChI is InChI=1S/C9H18N2O2/c1-9(2,13-3)6-11-8(12)7-4-10-5-7/h7,10H,4-6H2,1-3H3,(H,11,12). The van der Waals surface area contributed by atoms with Gasteiger partial charge in [0.15, 0.2) is 0 Å². The SMILES string of the molecule is COC(C)(C)CNC(=O)C1CNC1. The number of amides is 1. The third-order valence-electron chi connectivity index (χ3n) is 2.39. The average molecular weight is 186 g/mol. The first kappa shape index (κ1) is 10.5. The van der Waals surface area contributed by atoms with E-state index >= 15 is 0 Å². The molecule has 0 spiro atoms. The summed E-state index contributed by atoms with van der Waals surface area (Å²) in [4.78, 5) is 11.4. The molecule has 1 saturated heterocycles. The van der Waals surface area contributed by atoms with Gasteiger partial charge in [0.25, 0.3) is 0 Å². The predicted octanol–water partition coefficient (Wildman–Crippen LogP) is -0.253. The van der Waals surface area contributed by atoms with Crippen LogP contribution in [0.5, 0.6) is 0 Å². The molecule has 1 fully saturated rings. The van der Waals surface area contributed by atoms with E-state index in [9.17, 15) is 4.79 Å². The van der Waals surface area contributed by atoms with Gasteiger partial charge in [0.2, 0.25) is 5.91 Å². The van der Waals surface area contributed by atoms with Crippen molar-refractivity contribution in [1.82, 2.24) is 10.6 Å². The topological polar surface area (TPSA) is 50.4 Å². The fourth-order valence-corrected chi connectivity index (χ4v) is 0.991. The Balaban J connectivity index is 2.21. The van der Waals surface area contributed by atoms with Crippen LogP contribution in [0.1, 0.15) is 13.8 Å². The summed E-state index contributed by atoms with van der Waals surface area (Å²) in [6.45, 7) is 6.08. The molecule has 0 atom stereocenters. The van der Waals surface area contributed by atoms with Crippen LogP contribution >= 0.6 is 0 Å². The maximum Gasteiger partial charge on any atom is 0.225 e. The third-order valence-corrected chi connectivity index (χ3v) is 2.39. The van der Waals surface area contributed by atoms with Crippen molar-refractivity contribution in [3.8, 4) is 0 Å². The van der Waals surface area contributed by atoms with Gasteiger partial charge in [-0.05, 0) is 13.8 Å². The summed E-state index contributed by atoms with van der Waals surface area (Å²) in [5, 5.41) is 5.93. The van der Waals surface area contributed by atoms with E-state index in [1.165, 1.54) is 0 Å². The van der Waals surface area contributed by atoms with Crippen molar-refractivity contribution in [2.24, 2.45) is 5.92 Å². The Kier molecular flexibility index (Phi) is 3.27. The van der Waals surface area contributed by atoms with Crippen LogP contribution in [0.2, 0.25) is 0 Å². The number of ether oxygens (including phenoxy) is 1. The second-order valence-corrected chi connectivity index (χ2v) is 4.04. The molecule has 1 rings (SSSR count). The number of nitrogens with one attached hydrogen (secondary N) is 2. The first-order valence-corrected chi connectivity index (χ1v) is 4.59. The van der Waals surface area contributed by atoms with E-state index in [4.69, 9.17) is 4.74 Å². The van der Waals surface area contributed by atoms with Gasteiger partial charge in [-0.15, -0.1) is 0 Å². The number of hydrogen-bond donors (Lipinski definition) is 2. The van der Waals surface area contributed by atoms with Crippen LogP contribution in [0.25, 0.3) is 0 Å². The zero-order valence-corrected chi connectivity index (χ0v) is 8.52. The second kappa shape index (κ2) is 4.07. The van der Waals surface area contributed by atoms with Crippen LogP contribution < -0.4 is 10.6 Å². The number of hydrogen-bond acceptors (Lipinski definition) is 3. The highest BCUT2D eigenvalue weighted by atomic mass is 16.5. The fraction of sp³-hybridized carbons (Fsp3) is 0.889. The second-order valence-electron chi connectivity index (χ2n) is 4.04. The molecule has 0 radical (unpaired) electrons. The lowest BCUT2D eigenvalue weighted by molar-refractivity contribution is -0.127. The molecular weight excluding hydrogens is 168 g/mol. The van der Waals surface area contributed by atoms with E-state index in [1.54, 1.807) is 7.11 Å². The first-order chi connectivity index (χ1) is 6.05. The molecule has 0 unspecified atom stereocenters. The lowest BCUT2D eigenvalue weighted by Gasteiger charge is -2.28. The smallest absolute Gasteiger partial charge is 0.225 e. The van der Waals surface area contributed by atoms with Gasteiger partial charge >= 0.3 is 0 Å². The van der Waals surface area contributed by atoms with Gasteiger partial charge in [0, 0.05) is 26.7 Å². The highest BCUT2D eigenvalue weighted by molar-refractivity contribution is 5.80. The van der Waals surface area contributed by atoms with Crippen LogP contribution in [0.15, 0.2) is 0 Å². The lowest BCUT2D eigenvalue weighted by Crippen LogP contribution is -2.52. The fourth-order valence-electron chi connectivity index (χ4n) is 0.991. The Morgan fingerprint density at radius 2 is 2.23 bits per heavy atom. The molecule has 0 aromatic rings. The maximum absolute atomic E-state index is 11.4. The molecule has 13 heavy (non-hydrogen) atoms. The summed E-state index contributed by atoms with van der Waals surface area (Å²) in [6.07, 6.45) is 0. The molecule has 0 aromatic heterocycles. The normalized spacial score (nSPS) is 18.1. The van der Waals surface area contributed by atoms with Crippen molar-refractivity contribution in [2.75, 3.05) is 26.7 Å². The largest absolute Gasteiger partial charge is 0.377 e. The zero-order valence-electron chi connectivity index (χ0n) is 8.52. The van der Waals surface area contributed by atoms with Gasteiger partial charge < -0.3 is 15.4 Å². The molecule has 1 heterocycles. The average Bonchev–Trinajstić information content (AvgIpc) is 1.98. The minimum Gasteiger partial charge on any atom is -0.377 e. The molecule has 1 aliphatic rings. The lowest BCUT2D eigenvalue weighted by atomic mass is 10.0. The van der Waals surface area contributed by atoms with Crippen molar-refractivity contribution in [3.63, 3.8) is 0 Å². The van der Waals surface area contributed by atoms with E-state index in [0.717, 1.165) is 13.1 Å². The van der Waals surface area contributed by atoms with Gasteiger partial charge in [-0.2, -0.15) is 0 Å². The number of methoxy groups -OCH3 is 1. The summed E-state index contributed by atoms with van der Waals surface area (Å²) in [5.74, 6) is 0.288. The first-order valence-electron chi connectivity index (χ1n) is 4.59. The monoisotopic (exact) mass is 186 g/mol. The van der Waals surface area contributed by atoms with Crippen LogP contribution in [0, 0.1) is 5.92 Å². The number of rotatable bonds is 4. The molecule has 0 bridgehead atoms. The minimum absolute atomic E-state index is 0.129. The molecular formula is C9H18N2O2. The summed E-state index contributed by atoms with van der Waals surface area (Å²) >= 11 is 0. The highest BCUT2D eigenvalue weighted by Gasteiger charge is 2.26. The van der Waals surface area contributed by atoms with E-state index in [-0.39, 0.29) is 17.4 Å². The molecule has 0 aromatic carbocycles. The number of carbonyl (C=O) groups excluding carboxylic acids is 1. The van der Waals surface area contributed by atoms with Crippen molar-refractivity contribution < 1.29 is 9.53 Å². The summed E-state index contributed by atoms with van der Waals surface area (Å²) in [7, 11) is 1.65. The van der Waals surface area contributed by atoms with Gasteiger partial charge in [-0.1, -0.05) is 0 Å². The van der Waals surface area contributed by atoms with E-state index in [2.05, 4.69) is 10.6 Å². The van der Waals surface area contributed by atoms with Crippen LogP contribution in [0.3, 0.4) is 0 Å². The van der Waals surface area contributed by atoms with Gasteiger partial charge in [0.05, 0.1) is 11.5 Å². The Bertz CT molecular complexity index is 188. The number of carbonyl (C=O) groups is 1. The third kappa shape index (κ3) is 2.97. The Morgan fingerprint density at radius 3 is 2.62 bits per heavy atom. The van der Waals surface area contributed by atoms with Gasteiger partial charge in [-0.3, -0.25) is 4.79 Å².